The van der Waals surface area contributed by atoms with Crippen LogP contribution in [-0.2, 0) is 6.42 Å². The molecule has 0 saturated heterocycles. The third-order valence-electron chi connectivity index (χ3n) is 4.28. The summed E-state index contributed by atoms with van der Waals surface area (Å²) in [5, 5.41) is 18.0. The van der Waals surface area contributed by atoms with E-state index in [1.807, 2.05) is 18.2 Å². The van der Waals surface area contributed by atoms with Gasteiger partial charge in [-0.2, -0.15) is 15.5 Å². The molecule has 1 aliphatic rings. The molecule has 1 aliphatic heterocycles. The van der Waals surface area contributed by atoms with Crippen LogP contribution in [0.3, 0.4) is 0 Å². The highest BCUT2D eigenvalue weighted by Crippen LogP contribution is 2.28. The monoisotopic (exact) mass is 344 g/mol. The molecule has 2 aromatic carbocycles. The minimum absolute atomic E-state index is 0.00112. The Bertz CT molecular complexity index is 933. The summed E-state index contributed by atoms with van der Waals surface area (Å²) >= 11 is 0. The van der Waals surface area contributed by atoms with Crippen molar-refractivity contribution in [1.82, 2.24) is 0 Å². The molecule has 0 N–H and O–H groups in total. The summed E-state index contributed by atoms with van der Waals surface area (Å²) in [5.41, 5.74) is 3.72. The van der Waals surface area contributed by atoms with E-state index in [2.05, 4.69) is 36.2 Å². The molecule has 0 radical (unpaired) electrons. The van der Waals surface area contributed by atoms with Crippen molar-refractivity contribution in [3.8, 4) is 6.07 Å². The summed E-state index contributed by atoms with van der Waals surface area (Å²) in [6.07, 6.45) is 0.828. The molecule has 5 nitrogen and oxygen atoms in total. The summed E-state index contributed by atoms with van der Waals surface area (Å²) in [6, 6.07) is 16.3. The van der Waals surface area contributed by atoms with Crippen LogP contribution in [0.25, 0.3) is 0 Å². The molecule has 26 heavy (non-hydrogen) atoms. The fourth-order valence-corrected chi connectivity index (χ4v) is 3.05. The molecule has 3 rings (SSSR count). The minimum atomic E-state index is -0.775. The third kappa shape index (κ3) is 3.75. The lowest BCUT2D eigenvalue weighted by atomic mass is 9.85. The van der Waals surface area contributed by atoms with E-state index < -0.39 is 6.04 Å². The second-order valence-electron chi connectivity index (χ2n) is 6.99. The average molecular weight is 344 g/mol. The maximum Gasteiger partial charge on any atom is 0.199 e. The lowest BCUT2D eigenvalue weighted by Crippen LogP contribution is -2.33. The minimum Gasteiger partial charge on any atom is -0.295 e. The Balaban J connectivity index is 1.92. The highest BCUT2D eigenvalue weighted by atomic mass is 16.1. The normalized spacial score (nSPS) is 16.5. The van der Waals surface area contributed by atoms with Crippen molar-refractivity contribution >= 4 is 17.2 Å². The summed E-state index contributed by atoms with van der Waals surface area (Å²) in [7, 11) is 0. The van der Waals surface area contributed by atoms with Crippen LogP contribution in [0.1, 0.15) is 42.3 Å². The Kier molecular flexibility index (Phi) is 4.77. The van der Waals surface area contributed by atoms with Gasteiger partial charge in [0.1, 0.15) is 0 Å². The molecular formula is C21H20N4O. The van der Waals surface area contributed by atoms with Gasteiger partial charge in [-0.25, -0.2) is 0 Å². The van der Waals surface area contributed by atoms with E-state index in [9.17, 15) is 10.1 Å². The predicted octanol–water partition coefficient (Wildman–Crippen LogP) is 4.69. The summed E-state index contributed by atoms with van der Waals surface area (Å²) in [6.45, 7) is 5.62. The summed E-state index contributed by atoms with van der Waals surface area (Å²) in [5.74, 6) is -0.00112. The first-order chi connectivity index (χ1) is 12.4. The van der Waals surface area contributed by atoms with Crippen LogP contribution >= 0.6 is 0 Å². The number of fused-ring (bicyclic) bond motifs is 1. The molecule has 2 aromatic rings. The highest BCUT2D eigenvalue weighted by Gasteiger charge is 2.30. The van der Waals surface area contributed by atoms with E-state index >= 15 is 0 Å². The predicted molar refractivity (Wildman–Crippen MR) is 101 cm³/mol. The van der Waals surface area contributed by atoms with Crippen LogP contribution in [0.2, 0.25) is 0 Å². The van der Waals surface area contributed by atoms with Gasteiger partial charge in [-0.05, 0) is 57.0 Å². The molecule has 0 fully saturated rings. The molecule has 130 valence electrons. The van der Waals surface area contributed by atoms with Crippen molar-refractivity contribution in [3.05, 3.63) is 65.2 Å². The number of nitrogens with zero attached hydrogens (tertiary/aromatic N) is 4. The first-order valence-corrected chi connectivity index (χ1v) is 8.49. The van der Waals surface area contributed by atoms with E-state index in [0.717, 1.165) is 12.0 Å². The molecule has 1 unspecified atom stereocenters. The van der Waals surface area contributed by atoms with Gasteiger partial charge in [0, 0.05) is 11.1 Å². The first-order valence-electron chi connectivity index (χ1n) is 8.49. The number of Topliss-reactive ketones (excluding diaryl/α,β-unsaturated/α-hetero) is 1. The van der Waals surface area contributed by atoms with Crippen LogP contribution in [0.4, 0.5) is 5.69 Å². The van der Waals surface area contributed by atoms with Gasteiger partial charge in [0.25, 0.3) is 0 Å². The first kappa shape index (κ1) is 17.7. The molecule has 0 saturated carbocycles. The molecule has 0 aromatic heterocycles. The van der Waals surface area contributed by atoms with Gasteiger partial charge in [-0.3, -0.25) is 9.79 Å². The van der Waals surface area contributed by atoms with E-state index in [0.29, 0.717) is 17.0 Å². The van der Waals surface area contributed by atoms with Crippen LogP contribution in [0, 0.1) is 11.3 Å². The molecular weight excluding hydrogens is 324 g/mol. The lowest BCUT2D eigenvalue weighted by molar-refractivity contribution is 0.101. The number of azo groups is 1. The highest BCUT2D eigenvalue weighted by molar-refractivity contribution is 6.08. The van der Waals surface area contributed by atoms with Crippen molar-refractivity contribution in [2.45, 2.75) is 38.8 Å². The molecule has 1 heterocycles. The summed E-state index contributed by atoms with van der Waals surface area (Å²) < 4.78 is 0. The van der Waals surface area contributed by atoms with Crippen molar-refractivity contribution in [1.29, 1.82) is 5.26 Å². The Hall–Kier alpha value is -3.13. The van der Waals surface area contributed by atoms with E-state index in [1.54, 1.807) is 24.3 Å². The Morgan fingerprint density at radius 3 is 2.54 bits per heavy atom. The fourth-order valence-electron chi connectivity index (χ4n) is 3.05. The van der Waals surface area contributed by atoms with E-state index in [1.165, 1.54) is 12.5 Å². The number of aliphatic imine (C=N–C) groups is 1. The van der Waals surface area contributed by atoms with Crippen LogP contribution in [0.5, 0.6) is 0 Å². The van der Waals surface area contributed by atoms with Gasteiger partial charge in [0.05, 0.1) is 23.0 Å². The Labute approximate surface area is 153 Å². The molecule has 1 atom stereocenters. The molecule has 0 amide bonds. The number of benzene rings is 2. The second kappa shape index (κ2) is 7.01. The number of hydrogen-bond acceptors (Lipinski definition) is 5. The van der Waals surface area contributed by atoms with Crippen molar-refractivity contribution in [2.75, 3.05) is 0 Å². The zero-order chi connectivity index (χ0) is 18.7. The van der Waals surface area contributed by atoms with Crippen molar-refractivity contribution in [3.63, 3.8) is 0 Å². The average Bonchev–Trinajstić information content (AvgIpc) is 2.61. The third-order valence-corrected chi connectivity index (χ3v) is 4.28. The SMILES string of the molecule is CC(=O)c1ccc(N=NC(C#N)C2=NC(C)(C)Cc3ccccc32)cc1. The molecule has 5 heteroatoms. The Morgan fingerprint density at radius 1 is 1.19 bits per heavy atom. The van der Waals surface area contributed by atoms with Crippen LogP contribution < -0.4 is 0 Å². The number of nitriles is 1. The van der Waals surface area contributed by atoms with Gasteiger partial charge in [0.2, 0.25) is 0 Å². The van der Waals surface area contributed by atoms with Crippen LogP contribution in [-0.4, -0.2) is 23.1 Å². The molecule has 0 spiro atoms. The number of carbonyl (C=O) groups is 1. The van der Waals surface area contributed by atoms with E-state index in [4.69, 9.17) is 4.99 Å². The van der Waals surface area contributed by atoms with Gasteiger partial charge >= 0.3 is 0 Å². The topological polar surface area (TPSA) is 77.9 Å². The standard InChI is InChI=1S/C21H20N4O/c1-14(26)15-8-10-17(11-9-15)24-25-19(13-22)20-18-7-5-4-6-16(18)12-21(2,3)23-20/h4-11,19H,12H2,1-3H3. The zero-order valence-corrected chi connectivity index (χ0v) is 15.1. The zero-order valence-electron chi connectivity index (χ0n) is 15.1. The van der Waals surface area contributed by atoms with Gasteiger partial charge in [-0.1, -0.05) is 24.3 Å². The molecule has 0 bridgehead atoms. The maximum absolute atomic E-state index is 11.3. The quantitative estimate of drug-likeness (QED) is 0.596. The second-order valence-corrected chi connectivity index (χ2v) is 6.99. The van der Waals surface area contributed by atoms with Crippen molar-refractivity contribution < 1.29 is 4.79 Å². The lowest BCUT2D eigenvalue weighted by Gasteiger charge is -2.29. The Morgan fingerprint density at radius 2 is 1.88 bits per heavy atom. The number of hydrogen-bond donors (Lipinski definition) is 0. The maximum atomic E-state index is 11.3. The number of ketones is 1. The number of carbonyl (C=O) groups excluding carboxylic acids is 1. The van der Waals surface area contributed by atoms with Gasteiger partial charge in [-0.15, -0.1) is 0 Å². The molecule has 0 aliphatic carbocycles. The summed E-state index contributed by atoms with van der Waals surface area (Å²) in [4.78, 5) is 16.1. The van der Waals surface area contributed by atoms with E-state index in [-0.39, 0.29) is 11.3 Å². The van der Waals surface area contributed by atoms with Crippen molar-refractivity contribution in [2.24, 2.45) is 15.2 Å². The largest absolute Gasteiger partial charge is 0.295 e. The van der Waals surface area contributed by atoms with Gasteiger partial charge < -0.3 is 0 Å². The van der Waals surface area contributed by atoms with Crippen LogP contribution in [0.15, 0.2) is 63.8 Å². The van der Waals surface area contributed by atoms with Gasteiger partial charge in [0.15, 0.2) is 11.8 Å². The smallest absolute Gasteiger partial charge is 0.199 e. The fraction of sp³-hybridized carbons (Fsp3) is 0.286. The number of rotatable bonds is 4.